The van der Waals surface area contributed by atoms with Crippen LogP contribution in [0.25, 0.3) is 0 Å². The molecule has 94 valence electrons. The maximum absolute atomic E-state index is 12.6. The molecule has 0 saturated heterocycles. The second-order valence-electron chi connectivity index (χ2n) is 4.67. The molecule has 0 unspecified atom stereocenters. The average Bonchev–Trinajstić information content (AvgIpc) is 2.52. The molecule has 0 atom stereocenters. The van der Waals surface area contributed by atoms with Gasteiger partial charge in [0.05, 0.1) is 10.6 Å². The van der Waals surface area contributed by atoms with Gasteiger partial charge in [-0.1, -0.05) is 23.8 Å². The smallest absolute Gasteiger partial charge is 0.196 e. The maximum atomic E-state index is 12.6. The summed E-state index contributed by atoms with van der Waals surface area (Å²) in [5.74, 6) is 0.0341. The molecule has 0 fully saturated rings. The van der Waals surface area contributed by atoms with Gasteiger partial charge in [0.15, 0.2) is 5.78 Å². The lowest BCUT2D eigenvalue weighted by molar-refractivity contribution is 0.103. The van der Waals surface area contributed by atoms with Crippen LogP contribution in [0, 0.1) is 27.7 Å². The van der Waals surface area contributed by atoms with E-state index in [0.29, 0.717) is 10.6 Å². The summed E-state index contributed by atoms with van der Waals surface area (Å²) in [6.45, 7) is 7.94. The SMILES string of the molecule is Cc1ccc(C(=O)c2c(N)sc(C)c2C)c(C)c1. The fourth-order valence-electron chi connectivity index (χ4n) is 2.14. The number of nitrogen functional groups attached to an aromatic ring is 1. The zero-order valence-corrected chi connectivity index (χ0v) is 11.9. The molecular formula is C15H17NOS. The van der Waals surface area contributed by atoms with Crippen molar-refractivity contribution >= 4 is 22.1 Å². The van der Waals surface area contributed by atoms with E-state index in [9.17, 15) is 4.79 Å². The van der Waals surface area contributed by atoms with Crippen molar-refractivity contribution in [2.75, 3.05) is 5.73 Å². The van der Waals surface area contributed by atoms with Crippen LogP contribution in [0.4, 0.5) is 5.00 Å². The van der Waals surface area contributed by atoms with Crippen LogP contribution in [-0.2, 0) is 0 Å². The van der Waals surface area contributed by atoms with E-state index < -0.39 is 0 Å². The Morgan fingerprint density at radius 1 is 1.17 bits per heavy atom. The van der Waals surface area contributed by atoms with Gasteiger partial charge in [0.1, 0.15) is 0 Å². The molecule has 0 radical (unpaired) electrons. The summed E-state index contributed by atoms with van der Waals surface area (Å²) in [7, 11) is 0. The van der Waals surface area contributed by atoms with E-state index in [2.05, 4.69) is 0 Å². The number of hydrogen-bond acceptors (Lipinski definition) is 3. The Kier molecular flexibility index (Phi) is 3.26. The number of hydrogen-bond donors (Lipinski definition) is 1. The second-order valence-corrected chi connectivity index (χ2v) is 5.93. The Balaban J connectivity index is 2.55. The van der Waals surface area contributed by atoms with Gasteiger partial charge in [-0.05, 0) is 38.8 Å². The number of ketones is 1. The van der Waals surface area contributed by atoms with Gasteiger partial charge in [-0.3, -0.25) is 4.79 Å². The lowest BCUT2D eigenvalue weighted by Gasteiger charge is -2.07. The highest BCUT2D eigenvalue weighted by Crippen LogP contribution is 2.32. The summed E-state index contributed by atoms with van der Waals surface area (Å²) < 4.78 is 0. The predicted octanol–water partition coefficient (Wildman–Crippen LogP) is 3.79. The van der Waals surface area contributed by atoms with Crippen LogP contribution in [0.3, 0.4) is 0 Å². The van der Waals surface area contributed by atoms with E-state index in [4.69, 9.17) is 5.73 Å². The lowest BCUT2D eigenvalue weighted by Crippen LogP contribution is -2.06. The van der Waals surface area contributed by atoms with E-state index in [1.54, 1.807) is 0 Å². The zero-order chi connectivity index (χ0) is 13.4. The van der Waals surface area contributed by atoms with E-state index in [-0.39, 0.29) is 5.78 Å². The van der Waals surface area contributed by atoms with Crippen molar-refractivity contribution < 1.29 is 4.79 Å². The van der Waals surface area contributed by atoms with E-state index >= 15 is 0 Å². The van der Waals surface area contributed by atoms with E-state index in [1.165, 1.54) is 11.3 Å². The lowest BCUT2D eigenvalue weighted by atomic mass is 9.96. The molecule has 2 nitrogen and oxygen atoms in total. The fraction of sp³-hybridized carbons (Fsp3) is 0.267. The Hall–Kier alpha value is -1.61. The molecule has 1 heterocycles. The summed E-state index contributed by atoms with van der Waals surface area (Å²) >= 11 is 1.48. The number of nitrogens with two attached hydrogens (primary N) is 1. The van der Waals surface area contributed by atoms with Gasteiger partial charge in [0, 0.05) is 10.4 Å². The van der Waals surface area contributed by atoms with Crippen molar-refractivity contribution in [3.05, 3.63) is 50.9 Å². The van der Waals surface area contributed by atoms with Crippen molar-refractivity contribution in [3.8, 4) is 0 Å². The molecule has 2 N–H and O–H groups in total. The van der Waals surface area contributed by atoms with Crippen molar-refractivity contribution in [2.24, 2.45) is 0 Å². The van der Waals surface area contributed by atoms with Crippen LogP contribution in [0.1, 0.15) is 37.5 Å². The first-order valence-corrected chi connectivity index (χ1v) is 6.71. The zero-order valence-electron chi connectivity index (χ0n) is 11.1. The molecule has 1 aromatic heterocycles. The molecule has 0 spiro atoms. The van der Waals surface area contributed by atoms with Crippen LogP contribution in [0.5, 0.6) is 0 Å². The van der Waals surface area contributed by atoms with E-state index in [0.717, 1.165) is 27.1 Å². The number of benzene rings is 1. The molecule has 18 heavy (non-hydrogen) atoms. The number of carbonyl (C=O) groups excluding carboxylic acids is 1. The molecular weight excluding hydrogens is 242 g/mol. The summed E-state index contributed by atoms with van der Waals surface area (Å²) in [6, 6.07) is 5.88. The number of aryl methyl sites for hydroxylation is 3. The molecule has 0 saturated carbocycles. The first-order chi connectivity index (χ1) is 8.41. The van der Waals surface area contributed by atoms with E-state index in [1.807, 2.05) is 45.9 Å². The normalized spacial score (nSPS) is 10.7. The number of carbonyl (C=O) groups is 1. The Bertz CT molecular complexity index is 626. The van der Waals surface area contributed by atoms with Crippen LogP contribution in [0.15, 0.2) is 18.2 Å². The molecule has 0 aliphatic rings. The Morgan fingerprint density at radius 2 is 1.83 bits per heavy atom. The van der Waals surface area contributed by atoms with Gasteiger partial charge in [-0.15, -0.1) is 11.3 Å². The highest BCUT2D eigenvalue weighted by Gasteiger charge is 2.20. The summed E-state index contributed by atoms with van der Waals surface area (Å²) in [5.41, 5.74) is 10.5. The van der Waals surface area contributed by atoms with Crippen LogP contribution < -0.4 is 5.73 Å². The van der Waals surface area contributed by atoms with Crippen LogP contribution >= 0.6 is 11.3 Å². The van der Waals surface area contributed by atoms with Crippen molar-refractivity contribution in [3.63, 3.8) is 0 Å². The quantitative estimate of drug-likeness (QED) is 0.834. The maximum Gasteiger partial charge on any atom is 0.196 e. The highest BCUT2D eigenvalue weighted by atomic mass is 32.1. The summed E-state index contributed by atoms with van der Waals surface area (Å²) in [5, 5.41) is 0.620. The minimum atomic E-state index is 0.0341. The van der Waals surface area contributed by atoms with Crippen molar-refractivity contribution in [1.29, 1.82) is 0 Å². The second kappa shape index (κ2) is 4.58. The predicted molar refractivity (Wildman–Crippen MR) is 77.6 cm³/mol. The molecule has 0 amide bonds. The van der Waals surface area contributed by atoms with Gasteiger partial charge in [-0.2, -0.15) is 0 Å². The Labute approximate surface area is 111 Å². The largest absolute Gasteiger partial charge is 0.390 e. The third-order valence-corrected chi connectivity index (χ3v) is 4.30. The monoisotopic (exact) mass is 259 g/mol. The van der Waals surface area contributed by atoms with Gasteiger partial charge in [0.2, 0.25) is 0 Å². The number of rotatable bonds is 2. The molecule has 1 aromatic carbocycles. The highest BCUT2D eigenvalue weighted by molar-refractivity contribution is 7.16. The third-order valence-electron chi connectivity index (χ3n) is 3.27. The van der Waals surface area contributed by atoms with Crippen molar-refractivity contribution in [1.82, 2.24) is 0 Å². The topological polar surface area (TPSA) is 43.1 Å². The standard InChI is InChI=1S/C15H17NOS/c1-8-5-6-12(9(2)7-8)14(17)13-10(3)11(4)18-15(13)16/h5-7H,16H2,1-4H3. The molecule has 0 aliphatic carbocycles. The fourth-order valence-corrected chi connectivity index (χ4v) is 3.07. The van der Waals surface area contributed by atoms with Crippen molar-refractivity contribution in [2.45, 2.75) is 27.7 Å². The van der Waals surface area contributed by atoms with Gasteiger partial charge < -0.3 is 5.73 Å². The molecule has 3 heteroatoms. The average molecular weight is 259 g/mol. The van der Waals surface area contributed by atoms with Crippen LogP contribution in [0.2, 0.25) is 0 Å². The Morgan fingerprint density at radius 3 is 2.33 bits per heavy atom. The van der Waals surface area contributed by atoms with Gasteiger partial charge in [-0.25, -0.2) is 0 Å². The molecule has 2 aromatic rings. The third kappa shape index (κ3) is 2.06. The van der Waals surface area contributed by atoms with Crippen LogP contribution in [-0.4, -0.2) is 5.78 Å². The van der Waals surface area contributed by atoms with Gasteiger partial charge in [0.25, 0.3) is 0 Å². The number of anilines is 1. The minimum Gasteiger partial charge on any atom is -0.390 e. The summed E-state index contributed by atoms with van der Waals surface area (Å²) in [4.78, 5) is 13.7. The minimum absolute atomic E-state index is 0.0341. The molecule has 0 bridgehead atoms. The first kappa shape index (κ1) is 12.8. The number of thiophene rings is 1. The molecule has 2 rings (SSSR count). The first-order valence-electron chi connectivity index (χ1n) is 5.89. The molecule has 0 aliphatic heterocycles. The van der Waals surface area contributed by atoms with Gasteiger partial charge >= 0.3 is 0 Å². The summed E-state index contributed by atoms with van der Waals surface area (Å²) in [6.07, 6.45) is 0.